The fourth-order valence-corrected chi connectivity index (χ4v) is 1.94. The van der Waals surface area contributed by atoms with Crippen molar-refractivity contribution in [1.29, 1.82) is 0 Å². The van der Waals surface area contributed by atoms with Gasteiger partial charge in [0.25, 0.3) is 0 Å². The maximum absolute atomic E-state index is 11.8. The number of carboxylic acid groups (broad SMARTS) is 1. The molecule has 0 saturated heterocycles. The van der Waals surface area contributed by atoms with E-state index in [2.05, 4.69) is 5.32 Å². The Morgan fingerprint density at radius 1 is 1.35 bits per heavy atom. The number of rotatable bonds is 8. The monoisotopic (exact) mass is 279 g/mol. The van der Waals surface area contributed by atoms with Crippen LogP contribution in [0.3, 0.4) is 0 Å². The average molecular weight is 279 g/mol. The minimum atomic E-state index is -0.951. The Morgan fingerprint density at radius 3 is 2.65 bits per heavy atom. The first-order valence-electron chi connectivity index (χ1n) is 6.69. The second-order valence-electron chi connectivity index (χ2n) is 4.63. The van der Waals surface area contributed by atoms with Gasteiger partial charge in [-0.05, 0) is 24.5 Å². The molecule has 20 heavy (non-hydrogen) atoms. The maximum atomic E-state index is 11.8. The lowest BCUT2D eigenvalue weighted by Gasteiger charge is -2.19. The molecular formula is C15H21NO4. The number of nitrogens with one attached hydrogen (secondary N) is 1. The molecule has 0 bridgehead atoms. The Hall–Kier alpha value is -1.88. The molecule has 1 atom stereocenters. The number of aliphatic carboxylic acids is 1. The molecule has 0 aliphatic heterocycles. The van der Waals surface area contributed by atoms with E-state index >= 15 is 0 Å². The van der Waals surface area contributed by atoms with Crippen LogP contribution in [0.2, 0.25) is 0 Å². The first kappa shape index (κ1) is 16.2. The molecule has 1 aromatic rings. The molecule has 0 spiro atoms. The zero-order valence-corrected chi connectivity index (χ0v) is 11.9. The predicted octanol–water partition coefficient (Wildman–Crippen LogP) is 2.05. The summed E-state index contributed by atoms with van der Waals surface area (Å²) in [7, 11) is 0. The van der Waals surface area contributed by atoms with Crippen molar-refractivity contribution in [2.75, 3.05) is 13.2 Å². The summed E-state index contributed by atoms with van der Waals surface area (Å²) < 4.78 is 5.16. The smallest absolute Gasteiger partial charge is 0.305 e. The van der Waals surface area contributed by atoms with Crippen LogP contribution in [0.25, 0.3) is 0 Å². The molecular weight excluding hydrogens is 258 g/mol. The summed E-state index contributed by atoms with van der Waals surface area (Å²) in [5.41, 5.74) is 1.77. The van der Waals surface area contributed by atoms with Crippen molar-refractivity contribution in [3.63, 3.8) is 0 Å². The highest BCUT2D eigenvalue weighted by atomic mass is 16.5. The summed E-state index contributed by atoms with van der Waals surface area (Å²) in [6, 6.07) is 6.89. The first-order chi connectivity index (χ1) is 9.54. The van der Waals surface area contributed by atoms with Gasteiger partial charge in [0.2, 0.25) is 5.91 Å². The van der Waals surface area contributed by atoms with Crippen molar-refractivity contribution in [2.24, 2.45) is 0 Å². The number of aryl methyl sites for hydroxylation is 1. The van der Waals surface area contributed by atoms with Gasteiger partial charge < -0.3 is 15.2 Å². The molecule has 2 N–H and O–H groups in total. The fourth-order valence-electron chi connectivity index (χ4n) is 1.94. The van der Waals surface area contributed by atoms with Gasteiger partial charge in [0, 0.05) is 6.61 Å². The molecule has 1 aromatic carbocycles. The highest BCUT2D eigenvalue weighted by Crippen LogP contribution is 2.20. The standard InChI is InChI=1S/C15H21NO4/c1-3-8-20-10-14(17)16-13(9-15(18)19)12-7-5-4-6-11(12)2/h4-7,13H,3,8-10H2,1-2H3,(H,16,17)(H,18,19). The molecule has 0 aromatic heterocycles. The van der Waals surface area contributed by atoms with Crippen LogP contribution in [0.1, 0.15) is 36.9 Å². The number of benzene rings is 1. The van der Waals surface area contributed by atoms with Crippen LogP contribution in [0.15, 0.2) is 24.3 Å². The van der Waals surface area contributed by atoms with E-state index in [-0.39, 0.29) is 18.9 Å². The number of carbonyl (C=O) groups excluding carboxylic acids is 1. The van der Waals surface area contributed by atoms with Gasteiger partial charge in [-0.1, -0.05) is 31.2 Å². The number of ether oxygens (including phenoxy) is 1. The third-order valence-corrected chi connectivity index (χ3v) is 2.86. The Kier molecular flexibility index (Phi) is 6.73. The highest BCUT2D eigenvalue weighted by molar-refractivity contribution is 5.79. The second-order valence-corrected chi connectivity index (χ2v) is 4.63. The second kappa shape index (κ2) is 8.32. The van der Waals surface area contributed by atoms with Crippen LogP contribution in [0, 0.1) is 6.92 Å². The van der Waals surface area contributed by atoms with E-state index in [0.29, 0.717) is 6.61 Å². The summed E-state index contributed by atoms with van der Waals surface area (Å²) in [5, 5.41) is 11.7. The highest BCUT2D eigenvalue weighted by Gasteiger charge is 2.19. The Labute approximate surface area is 118 Å². The first-order valence-corrected chi connectivity index (χ1v) is 6.69. The predicted molar refractivity (Wildman–Crippen MR) is 75.4 cm³/mol. The summed E-state index contributed by atoms with van der Waals surface area (Å²) in [6.45, 7) is 4.32. The third-order valence-electron chi connectivity index (χ3n) is 2.86. The van der Waals surface area contributed by atoms with Crippen molar-refractivity contribution in [2.45, 2.75) is 32.7 Å². The zero-order chi connectivity index (χ0) is 15.0. The van der Waals surface area contributed by atoms with Crippen LogP contribution in [-0.2, 0) is 14.3 Å². The summed E-state index contributed by atoms with van der Waals surface area (Å²) in [5.74, 6) is -1.25. The van der Waals surface area contributed by atoms with Crippen LogP contribution in [0.5, 0.6) is 0 Å². The normalized spacial score (nSPS) is 11.9. The third kappa shape index (κ3) is 5.40. The fraction of sp³-hybridized carbons (Fsp3) is 0.467. The molecule has 0 saturated carbocycles. The zero-order valence-electron chi connectivity index (χ0n) is 11.9. The minimum Gasteiger partial charge on any atom is -0.481 e. The largest absolute Gasteiger partial charge is 0.481 e. The van der Waals surface area contributed by atoms with Crippen LogP contribution < -0.4 is 5.32 Å². The van der Waals surface area contributed by atoms with E-state index < -0.39 is 12.0 Å². The number of amides is 1. The Bertz CT molecular complexity index is 459. The molecule has 5 heteroatoms. The van der Waals surface area contributed by atoms with E-state index in [9.17, 15) is 9.59 Å². The van der Waals surface area contributed by atoms with E-state index in [1.54, 1.807) is 0 Å². The van der Waals surface area contributed by atoms with Gasteiger partial charge in [0.15, 0.2) is 0 Å². The van der Waals surface area contributed by atoms with Gasteiger partial charge in [-0.2, -0.15) is 0 Å². The maximum Gasteiger partial charge on any atom is 0.305 e. The molecule has 1 unspecified atom stereocenters. The molecule has 0 aliphatic rings. The lowest BCUT2D eigenvalue weighted by molar-refractivity contribution is -0.138. The van der Waals surface area contributed by atoms with E-state index in [0.717, 1.165) is 17.5 Å². The lowest BCUT2D eigenvalue weighted by atomic mass is 9.99. The summed E-state index contributed by atoms with van der Waals surface area (Å²) in [6.07, 6.45) is 0.688. The lowest BCUT2D eigenvalue weighted by Crippen LogP contribution is -2.33. The van der Waals surface area contributed by atoms with Gasteiger partial charge in [-0.3, -0.25) is 9.59 Å². The van der Waals surface area contributed by atoms with Crippen molar-refractivity contribution in [3.05, 3.63) is 35.4 Å². The Morgan fingerprint density at radius 2 is 2.05 bits per heavy atom. The topological polar surface area (TPSA) is 75.6 Å². The molecule has 110 valence electrons. The molecule has 0 radical (unpaired) electrons. The van der Waals surface area contributed by atoms with Gasteiger partial charge in [0.1, 0.15) is 6.61 Å². The van der Waals surface area contributed by atoms with Crippen LogP contribution >= 0.6 is 0 Å². The molecule has 5 nitrogen and oxygen atoms in total. The number of hydrogen-bond acceptors (Lipinski definition) is 3. The van der Waals surface area contributed by atoms with Crippen molar-refractivity contribution < 1.29 is 19.4 Å². The van der Waals surface area contributed by atoms with Gasteiger partial charge in [-0.25, -0.2) is 0 Å². The minimum absolute atomic E-state index is 0.0458. The van der Waals surface area contributed by atoms with Crippen molar-refractivity contribution >= 4 is 11.9 Å². The number of hydrogen-bond donors (Lipinski definition) is 2. The molecule has 0 heterocycles. The number of carbonyl (C=O) groups is 2. The van der Waals surface area contributed by atoms with Crippen molar-refractivity contribution in [1.82, 2.24) is 5.32 Å². The van der Waals surface area contributed by atoms with Crippen LogP contribution in [0.4, 0.5) is 0 Å². The van der Waals surface area contributed by atoms with Gasteiger partial charge in [-0.15, -0.1) is 0 Å². The molecule has 0 aliphatic carbocycles. The molecule has 1 rings (SSSR count). The van der Waals surface area contributed by atoms with E-state index in [1.807, 2.05) is 38.1 Å². The summed E-state index contributed by atoms with van der Waals surface area (Å²) in [4.78, 5) is 22.7. The molecule has 0 fully saturated rings. The van der Waals surface area contributed by atoms with E-state index in [4.69, 9.17) is 9.84 Å². The van der Waals surface area contributed by atoms with E-state index in [1.165, 1.54) is 0 Å². The summed E-state index contributed by atoms with van der Waals surface area (Å²) >= 11 is 0. The quantitative estimate of drug-likeness (QED) is 0.714. The van der Waals surface area contributed by atoms with Gasteiger partial charge in [0.05, 0.1) is 12.5 Å². The van der Waals surface area contributed by atoms with Gasteiger partial charge >= 0.3 is 5.97 Å². The number of carboxylic acids is 1. The molecule has 1 amide bonds. The Balaban J connectivity index is 2.72. The SMILES string of the molecule is CCCOCC(=O)NC(CC(=O)O)c1ccccc1C. The average Bonchev–Trinajstić information content (AvgIpc) is 2.38. The van der Waals surface area contributed by atoms with Crippen molar-refractivity contribution in [3.8, 4) is 0 Å². The van der Waals surface area contributed by atoms with Crippen LogP contribution in [-0.4, -0.2) is 30.2 Å².